The van der Waals surface area contributed by atoms with Gasteiger partial charge in [-0.2, -0.15) is 0 Å². The predicted molar refractivity (Wildman–Crippen MR) is 99.8 cm³/mol. The van der Waals surface area contributed by atoms with Crippen LogP contribution in [0.5, 0.6) is 5.75 Å². The van der Waals surface area contributed by atoms with Crippen molar-refractivity contribution < 1.29 is 13.9 Å². The van der Waals surface area contributed by atoms with Crippen molar-refractivity contribution >= 4 is 5.91 Å². The van der Waals surface area contributed by atoms with E-state index in [4.69, 9.17) is 14.9 Å². The van der Waals surface area contributed by atoms with Gasteiger partial charge in [0.15, 0.2) is 11.7 Å². The molecule has 0 bridgehead atoms. The molecule has 2 heterocycles. The van der Waals surface area contributed by atoms with Gasteiger partial charge in [-0.05, 0) is 43.0 Å². The van der Waals surface area contributed by atoms with E-state index in [1.165, 1.54) is 0 Å². The molecule has 2 unspecified atom stereocenters. The van der Waals surface area contributed by atoms with Gasteiger partial charge in [-0.15, -0.1) is 0 Å². The fourth-order valence-electron chi connectivity index (χ4n) is 3.48. The maximum atomic E-state index is 12.6. The van der Waals surface area contributed by atoms with Crippen LogP contribution in [0, 0.1) is 5.92 Å². The molecule has 1 aromatic heterocycles. The van der Waals surface area contributed by atoms with Crippen LogP contribution in [0.25, 0.3) is 11.3 Å². The van der Waals surface area contributed by atoms with Crippen LogP contribution in [0.4, 0.5) is 0 Å². The van der Waals surface area contributed by atoms with Gasteiger partial charge in [0.25, 0.3) is 0 Å². The number of nitrogens with two attached hydrogens (primary N) is 1. The topological polar surface area (TPSA) is 81.6 Å². The molecular formula is C20H27N3O3. The minimum atomic E-state index is 0.136. The maximum Gasteiger partial charge on any atom is 0.223 e. The first-order valence-electron chi connectivity index (χ1n) is 9.19. The molecule has 2 aromatic rings. The second-order valence-corrected chi connectivity index (χ2v) is 6.95. The van der Waals surface area contributed by atoms with Crippen molar-refractivity contribution in [3.8, 4) is 17.1 Å². The Morgan fingerprint density at radius 3 is 2.85 bits per heavy atom. The molecule has 0 saturated carbocycles. The fraction of sp³-hybridized carbons (Fsp3) is 0.500. The monoisotopic (exact) mass is 357 g/mol. The molecule has 26 heavy (non-hydrogen) atoms. The van der Waals surface area contributed by atoms with E-state index in [1.54, 1.807) is 13.3 Å². The molecule has 2 atom stereocenters. The zero-order chi connectivity index (χ0) is 18.5. The highest BCUT2D eigenvalue weighted by atomic mass is 16.5. The largest absolute Gasteiger partial charge is 0.497 e. The molecule has 1 fully saturated rings. The van der Waals surface area contributed by atoms with Gasteiger partial charge in [-0.1, -0.05) is 6.92 Å². The number of amides is 1. The van der Waals surface area contributed by atoms with E-state index >= 15 is 0 Å². The number of ether oxygens (including phenoxy) is 1. The summed E-state index contributed by atoms with van der Waals surface area (Å²) >= 11 is 0. The molecule has 0 spiro atoms. The quantitative estimate of drug-likeness (QED) is 0.860. The molecule has 1 saturated heterocycles. The number of rotatable bonds is 6. The SMILES string of the molecule is COc1ccc(-c2cnc(CCC(=O)N3CCC(C)CC3CN)o2)cc1. The summed E-state index contributed by atoms with van der Waals surface area (Å²) in [5, 5.41) is 0. The Bertz CT molecular complexity index is 726. The summed E-state index contributed by atoms with van der Waals surface area (Å²) in [5.41, 5.74) is 6.79. The van der Waals surface area contributed by atoms with Gasteiger partial charge in [-0.25, -0.2) is 4.98 Å². The molecule has 140 valence electrons. The van der Waals surface area contributed by atoms with Gasteiger partial charge in [-0.3, -0.25) is 4.79 Å². The summed E-state index contributed by atoms with van der Waals surface area (Å²) in [6.45, 7) is 3.54. The smallest absolute Gasteiger partial charge is 0.223 e. The van der Waals surface area contributed by atoms with Crippen molar-refractivity contribution in [1.82, 2.24) is 9.88 Å². The van der Waals surface area contributed by atoms with E-state index < -0.39 is 0 Å². The Hall–Kier alpha value is -2.34. The lowest BCUT2D eigenvalue weighted by molar-refractivity contribution is -0.135. The van der Waals surface area contributed by atoms with Crippen LogP contribution < -0.4 is 10.5 Å². The summed E-state index contributed by atoms with van der Waals surface area (Å²) < 4.78 is 11.0. The van der Waals surface area contributed by atoms with Crippen LogP contribution in [0.3, 0.4) is 0 Å². The Kier molecular flexibility index (Phi) is 5.93. The van der Waals surface area contributed by atoms with Crippen molar-refractivity contribution in [3.05, 3.63) is 36.4 Å². The van der Waals surface area contributed by atoms with Crippen LogP contribution in [-0.2, 0) is 11.2 Å². The first kappa shape index (κ1) is 18.5. The van der Waals surface area contributed by atoms with Crippen LogP contribution in [0.1, 0.15) is 32.1 Å². The van der Waals surface area contributed by atoms with Crippen molar-refractivity contribution in [2.75, 3.05) is 20.2 Å². The third-order valence-corrected chi connectivity index (χ3v) is 5.05. The van der Waals surface area contributed by atoms with Gasteiger partial charge >= 0.3 is 0 Å². The molecule has 1 aliphatic rings. The minimum Gasteiger partial charge on any atom is -0.497 e. The Morgan fingerprint density at radius 1 is 1.38 bits per heavy atom. The summed E-state index contributed by atoms with van der Waals surface area (Å²) in [5.74, 6) is 2.84. The zero-order valence-electron chi connectivity index (χ0n) is 15.5. The van der Waals surface area contributed by atoms with Gasteiger partial charge in [0, 0.05) is 37.5 Å². The highest BCUT2D eigenvalue weighted by Gasteiger charge is 2.28. The number of carbonyl (C=O) groups excluding carboxylic acids is 1. The second-order valence-electron chi connectivity index (χ2n) is 6.95. The normalized spacial score (nSPS) is 20.2. The Balaban J connectivity index is 1.58. The van der Waals surface area contributed by atoms with Gasteiger partial charge < -0.3 is 19.8 Å². The summed E-state index contributed by atoms with van der Waals surface area (Å²) in [4.78, 5) is 18.8. The van der Waals surface area contributed by atoms with Crippen molar-refractivity contribution in [3.63, 3.8) is 0 Å². The highest BCUT2D eigenvalue weighted by molar-refractivity contribution is 5.76. The van der Waals surface area contributed by atoms with Crippen molar-refractivity contribution in [2.45, 2.75) is 38.6 Å². The number of nitrogens with zero attached hydrogens (tertiary/aromatic N) is 2. The molecule has 3 rings (SSSR count). The third-order valence-electron chi connectivity index (χ3n) is 5.05. The number of carbonyl (C=O) groups is 1. The van der Waals surface area contributed by atoms with E-state index in [9.17, 15) is 4.79 Å². The number of oxazole rings is 1. The van der Waals surface area contributed by atoms with Crippen molar-refractivity contribution in [1.29, 1.82) is 0 Å². The first-order valence-corrected chi connectivity index (χ1v) is 9.19. The zero-order valence-corrected chi connectivity index (χ0v) is 15.5. The van der Waals surface area contributed by atoms with Crippen LogP contribution in [0.2, 0.25) is 0 Å². The molecule has 1 amide bonds. The molecule has 0 aliphatic carbocycles. The van der Waals surface area contributed by atoms with E-state index in [1.807, 2.05) is 29.2 Å². The van der Waals surface area contributed by atoms with Gasteiger partial charge in [0.2, 0.25) is 5.91 Å². The molecule has 2 N–H and O–H groups in total. The van der Waals surface area contributed by atoms with E-state index in [0.29, 0.717) is 37.0 Å². The lowest BCUT2D eigenvalue weighted by Crippen LogP contribution is -2.49. The second kappa shape index (κ2) is 8.36. The number of benzene rings is 1. The summed E-state index contributed by atoms with van der Waals surface area (Å²) in [6.07, 6.45) is 4.63. The van der Waals surface area contributed by atoms with Crippen LogP contribution in [-0.4, -0.2) is 42.0 Å². The van der Waals surface area contributed by atoms with Crippen molar-refractivity contribution in [2.24, 2.45) is 11.7 Å². The fourth-order valence-corrected chi connectivity index (χ4v) is 3.48. The Morgan fingerprint density at radius 2 is 2.15 bits per heavy atom. The third kappa shape index (κ3) is 4.25. The number of aryl methyl sites for hydroxylation is 1. The lowest BCUT2D eigenvalue weighted by Gasteiger charge is -2.38. The molecular weight excluding hydrogens is 330 g/mol. The number of piperidine rings is 1. The number of aromatic nitrogens is 1. The van der Waals surface area contributed by atoms with Crippen LogP contribution in [0.15, 0.2) is 34.9 Å². The maximum absolute atomic E-state index is 12.6. The van der Waals surface area contributed by atoms with E-state index in [0.717, 1.165) is 30.7 Å². The standard InChI is InChI=1S/C20H27N3O3/c1-14-9-10-23(16(11-14)12-21)20(24)8-7-19-22-13-18(26-19)15-3-5-17(25-2)6-4-15/h3-6,13-14,16H,7-12,21H2,1-2H3. The summed E-state index contributed by atoms with van der Waals surface area (Å²) in [6, 6.07) is 7.77. The number of hydrogen-bond acceptors (Lipinski definition) is 5. The average Bonchev–Trinajstić information content (AvgIpc) is 3.15. The number of likely N-dealkylation sites (tertiary alicyclic amines) is 1. The molecule has 6 nitrogen and oxygen atoms in total. The van der Waals surface area contributed by atoms with E-state index in [2.05, 4.69) is 11.9 Å². The molecule has 1 aliphatic heterocycles. The highest BCUT2D eigenvalue weighted by Crippen LogP contribution is 2.25. The average molecular weight is 357 g/mol. The summed E-state index contributed by atoms with van der Waals surface area (Å²) in [7, 11) is 1.64. The number of methoxy groups -OCH3 is 1. The van der Waals surface area contributed by atoms with Gasteiger partial charge in [0.1, 0.15) is 5.75 Å². The molecule has 1 aromatic carbocycles. The molecule has 6 heteroatoms. The van der Waals surface area contributed by atoms with E-state index in [-0.39, 0.29) is 11.9 Å². The number of hydrogen-bond donors (Lipinski definition) is 1. The predicted octanol–water partition coefficient (Wildman–Crippen LogP) is 2.87. The minimum absolute atomic E-state index is 0.136. The molecule has 0 radical (unpaired) electrons. The van der Waals surface area contributed by atoms with Crippen LogP contribution >= 0.6 is 0 Å². The Labute approximate surface area is 154 Å². The lowest BCUT2D eigenvalue weighted by atomic mass is 9.92. The van der Waals surface area contributed by atoms with Gasteiger partial charge in [0.05, 0.1) is 13.3 Å². The first-order chi connectivity index (χ1) is 12.6.